The molecule has 24 heavy (non-hydrogen) atoms. The van der Waals surface area contributed by atoms with Crippen molar-refractivity contribution in [1.82, 2.24) is 19.9 Å². The molecule has 5 nitrogen and oxygen atoms in total. The van der Waals surface area contributed by atoms with Gasteiger partial charge in [-0.3, -0.25) is 4.79 Å². The molecule has 4 rings (SSSR count). The summed E-state index contributed by atoms with van der Waals surface area (Å²) in [6.45, 7) is 7.41. The van der Waals surface area contributed by atoms with E-state index >= 15 is 0 Å². The van der Waals surface area contributed by atoms with Gasteiger partial charge in [0.05, 0.1) is 12.2 Å². The Balaban J connectivity index is 1.60. The van der Waals surface area contributed by atoms with Crippen LogP contribution in [0.5, 0.6) is 0 Å². The summed E-state index contributed by atoms with van der Waals surface area (Å²) < 4.78 is 0. The molecule has 0 unspecified atom stereocenters. The van der Waals surface area contributed by atoms with Crippen molar-refractivity contribution < 1.29 is 4.79 Å². The Morgan fingerprint density at radius 1 is 1.21 bits per heavy atom. The second-order valence-electron chi connectivity index (χ2n) is 7.36. The molecule has 0 bridgehead atoms. The molecule has 1 N–H and O–H groups in total. The van der Waals surface area contributed by atoms with Gasteiger partial charge in [0.15, 0.2) is 0 Å². The van der Waals surface area contributed by atoms with Crippen LogP contribution in [0, 0.1) is 0 Å². The van der Waals surface area contributed by atoms with Crippen molar-refractivity contribution in [3.05, 3.63) is 59.3 Å². The van der Waals surface area contributed by atoms with Gasteiger partial charge in [-0.2, -0.15) is 0 Å². The topological polar surface area (TPSA) is 61.9 Å². The zero-order valence-corrected chi connectivity index (χ0v) is 14.1. The van der Waals surface area contributed by atoms with Gasteiger partial charge in [0, 0.05) is 46.4 Å². The molecule has 1 aliphatic rings. The van der Waals surface area contributed by atoms with Crippen molar-refractivity contribution in [3.63, 3.8) is 0 Å². The summed E-state index contributed by atoms with van der Waals surface area (Å²) in [5.74, 6) is 0.859. The summed E-state index contributed by atoms with van der Waals surface area (Å²) in [4.78, 5) is 27.0. The van der Waals surface area contributed by atoms with Gasteiger partial charge in [-0.1, -0.05) is 20.8 Å². The van der Waals surface area contributed by atoms with Crippen molar-refractivity contribution in [2.75, 3.05) is 0 Å². The molecule has 0 saturated heterocycles. The van der Waals surface area contributed by atoms with E-state index in [2.05, 4.69) is 35.7 Å². The molecular formula is C19H20N4O. The zero-order chi connectivity index (χ0) is 16.9. The Labute approximate surface area is 140 Å². The molecule has 0 fully saturated rings. The Kier molecular flexibility index (Phi) is 3.20. The van der Waals surface area contributed by atoms with Crippen molar-refractivity contribution >= 4 is 16.8 Å². The quantitative estimate of drug-likeness (QED) is 0.747. The maximum atomic E-state index is 12.8. The Morgan fingerprint density at radius 2 is 2.04 bits per heavy atom. The molecule has 3 aromatic rings. The van der Waals surface area contributed by atoms with E-state index in [0.717, 1.165) is 28.0 Å². The fourth-order valence-electron chi connectivity index (χ4n) is 3.03. The normalized spacial score (nSPS) is 14.2. The van der Waals surface area contributed by atoms with Crippen LogP contribution in [0.15, 0.2) is 36.7 Å². The van der Waals surface area contributed by atoms with E-state index in [1.165, 1.54) is 0 Å². The third kappa shape index (κ3) is 2.46. The monoisotopic (exact) mass is 320 g/mol. The van der Waals surface area contributed by atoms with E-state index in [0.29, 0.717) is 18.7 Å². The van der Waals surface area contributed by atoms with Gasteiger partial charge in [0.1, 0.15) is 5.82 Å². The second kappa shape index (κ2) is 5.16. The number of rotatable bonds is 1. The number of H-pyrrole nitrogens is 1. The SMILES string of the molecule is CC(C)(C)c1ncc2c(n1)CN(C(=O)c1ccc3[nH]ccc3c1)C2. The average molecular weight is 320 g/mol. The van der Waals surface area contributed by atoms with Gasteiger partial charge in [-0.25, -0.2) is 9.97 Å². The number of carbonyl (C=O) groups excluding carboxylic acids is 1. The molecule has 0 aliphatic carbocycles. The van der Waals surface area contributed by atoms with Crippen molar-refractivity contribution in [2.24, 2.45) is 0 Å². The number of aromatic amines is 1. The summed E-state index contributed by atoms with van der Waals surface area (Å²) in [7, 11) is 0. The molecule has 0 saturated carbocycles. The van der Waals surface area contributed by atoms with Crippen LogP contribution in [0.2, 0.25) is 0 Å². The van der Waals surface area contributed by atoms with Gasteiger partial charge in [0.25, 0.3) is 5.91 Å². The highest BCUT2D eigenvalue weighted by atomic mass is 16.2. The number of carbonyl (C=O) groups is 1. The number of aromatic nitrogens is 3. The number of nitrogens with zero attached hydrogens (tertiary/aromatic N) is 3. The van der Waals surface area contributed by atoms with Gasteiger partial charge in [0.2, 0.25) is 0 Å². The van der Waals surface area contributed by atoms with E-state index in [1.807, 2.05) is 41.6 Å². The summed E-state index contributed by atoms with van der Waals surface area (Å²) >= 11 is 0. The van der Waals surface area contributed by atoms with Crippen LogP contribution in [0.25, 0.3) is 10.9 Å². The van der Waals surface area contributed by atoms with Crippen LogP contribution >= 0.6 is 0 Å². The fourth-order valence-corrected chi connectivity index (χ4v) is 3.03. The van der Waals surface area contributed by atoms with E-state index in [9.17, 15) is 4.79 Å². The summed E-state index contributed by atoms with van der Waals surface area (Å²) in [6, 6.07) is 7.73. The van der Waals surface area contributed by atoms with E-state index in [4.69, 9.17) is 0 Å². The third-order valence-electron chi connectivity index (χ3n) is 4.41. The lowest BCUT2D eigenvalue weighted by molar-refractivity contribution is 0.0750. The highest BCUT2D eigenvalue weighted by molar-refractivity contribution is 5.98. The standard InChI is InChI=1S/C19H20N4O/c1-19(2,3)18-21-9-14-10-23(11-16(14)22-18)17(24)13-4-5-15-12(8-13)6-7-20-15/h4-9,20H,10-11H2,1-3H3. The van der Waals surface area contributed by atoms with Crippen LogP contribution in [0.4, 0.5) is 0 Å². The van der Waals surface area contributed by atoms with Crippen LogP contribution in [-0.2, 0) is 18.5 Å². The van der Waals surface area contributed by atoms with Crippen LogP contribution in [-0.4, -0.2) is 25.8 Å². The summed E-state index contributed by atoms with van der Waals surface area (Å²) in [5, 5.41) is 1.05. The maximum absolute atomic E-state index is 12.8. The van der Waals surface area contributed by atoms with Crippen molar-refractivity contribution in [1.29, 1.82) is 0 Å². The number of amides is 1. The van der Waals surface area contributed by atoms with E-state index in [-0.39, 0.29) is 11.3 Å². The Morgan fingerprint density at radius 3 is 2.83 bits per heavy atom. The molecule has 1 aliphatic heterocycles. The predicted molar refractivity (Wildman–Crippen MR) is 92.6 cm³/mol. The predicted octanol–water partition coefficient (Wildman–Crippen LogP) is 3.41. The molecule has 122 valence electrons. The minimum Gasteiger partial charge on any atom is -0.361 e. The van der Waals surface area contributed by atoms with Crippen molar-refractivity contribution in [3.8, 4) is 0 Å². The number of hydrogen-bond donors (Lipinski definition) is 1. The molecule has 0 spiro atoms. The van der Waals surface area contributed by atoms with Gasteiger partial charge in [-0.15, -0.1) is 0 Å². The van der Waals surface area contributed by atoms with Crippen molar-refractivity contribution in [2.45, 2.75) is 39.3 Å². The summed E-state index contributed by atoms with van der Waals surface area (Å²) in [6.07, 6.45) is 3.75. The van der Waals surface area contributed by atoms with Crippen LogP contribution in [0.3, 0.4) is 0 Å². The van der Waals surface area contributed by atoms with E-state index < -0.39 is 0 Å². The summed E-state index contributed by atoms with van der Waals surface area (Å²) in [5.41, 5.74) is 3.66. The molecule has 2 aromatic heterocycles. The molecule has 0 atom stereocenters. The first kappa shape index (κ1) is 14.9. The van der Waals surface area contributed by atoms with Gasteiger partial charge < -0.3 is 9.88 Å². The average Bonchev–Trinajstić information content (AvgIpc) is 3.18. The first-order valence-corrected chi connectivity index (χ1v) is 8.13. The number of benzene rings is 1. The third-order valence-corrected chi connectivity index (χ3v) is 4.41. The van der Waals surface area contributed by atoms with Crippen LogP contribution < -0.4 is 0 Å². The van der Waals surface area contributed by atoms with Gasteiger partial charge in [-0.05, 0) is 24.3 Å². The molecular weight excluding hydrogens is 300 g/mol. The van der Waals surface area contributed by atoms with Gasteiger partial charge >= 0.3 is 0 Å². The number of nitrogens with one attached hydrogen (secondary N) is 1. The highest BCUT2D eigenvalue weighted by Gasteiger charge is 2.28. The number of fused-ring (bicyclic) bond motifs is 2. The largest absolute Gasteiger partial charge is 0.361 e. The number of hydrogen-bond acceptors (Lipinski definition) is 3. The first-order chi connectivity index (χ1) is 11.4. The molecule has 5 heteroatoms. The maximum Gasteiger partial charge on any atom is 0.254 e. The lowest BCUT2D eigenvalue weighted by Crippen LogP contribution is -2.25. The zero-order valence-electron chi connectivity index (χ0n) is 14.1. The minimum absolute atomic E-state index is 0.0356. The molecule has 1 aromatic carbocycles. The Hall–Kier alpha value is -2.69. The lowest BCUT2D eigenvalue weighted by Gasteiger charge is -2.16. The highest BCUT2D eigenvalue weighted by Crippen LogP contribution is 2.26. The van der Waals surface area contributed by atoms with Crippen LogP contribution in [0.1, 0.15) is 48.2 Å². The van der Waals surface area contributed by atoms with E-state index in [1.54, 1.807) is 0 Å². The fraction of sp³-hybridized carbons (Fsp3) is 0.316. The minimum atomic E-state index is -0.0915. The molecule has 3 heterocycles. The molecule has 0 radical (unpaired) electrons. The lowest BCUT2D eigenvalue weighted by atomic mass is 9.95. The smallest absolute Gasteiger partial charge is 0.254 e. The first-order valence-electron chi connectivity index (χ1n) is 8.13. The Bertz CT molecular complexity index is 936. The second-order valence-corrected chi connectivity index (χ2v) is 7.36. The molecule has 1 amide bonds.